The van der Waals surface area contributed by atoms with Gasteiger partial charge in [0.2, 0.25) is 5.43 Å². The smallest absolute Gasteiger partial charge is 0.343 e. The maximum atomic E-state index is 14.6. The van der Waals surface area contributed by atoms with E-state index in [1.54, 1.807) is 6.92 Å². The van der Waals surface area contributed by atoms with Gasteiger partial charge in [-0.25, -0.2) is 27.7 Å². The van der Waals surface area contributed by atoms with Crippen LogP contribution >= 0.6 is 0 Å². The Balaban J connectivity index is 2.03. The van der Waals surface area contributed by atoms with E-state index in [1.807, 2.05) is 0 Å². The number of carbonyl (C=O) groups excluding carboxylic acids is 2. The Labute approximate surface area is 179 Å². The van der Waals surface area contributed by atoms with Crippen LogP contribution in [0.2, 0.25) is 0 Å². The normalized spacial score (nSPS) is 15.8. The average Bonchev–Trinajstić information content (AvgIpc) is 3.06. The summed E-state index contributed by atoms with van der Waals surface area (Å²) in [5, 5.41) is 2.55. The van der Waals surface area contributed by atoms with E-state index in [1.165, 1.54) is 24.0 Å². The fourth-order valence-corrected chi connectivity index (χ4v) is 3.52. The molecule has 1 aromatic carbocycles. The highest BCUT2D eigenvalue weighted by Gasteiger charge is 2.29. The lowest BCUT2D eigenvalue weighted by Gasteiger charge is -2.17. The Kier molecular flexibility index (Phi) is 5.33. The van der Waals surface area contributed by atoms with Crippen molar-refractivity contribution in [2.45, 2.75) is 19.9 Å². The number of nitrogens with one attached hydrogen (secondary N) is 1. The lowest BCUT2D eigenvalue weighted by Crippen LogP contribution is -2.29. The van der Waals surface area contributed by atoms with Crippen LogP contribution in [0, 0.1) is 17.5 Å². The third-order valence-corrected chi connectivity index (χ3v) is 4.90. The summed E-state index contributed by atoms with van der Waals surface area (Å²) in [6, 6.07) is 3.02. The Bertz CT molecular complexity index is 1300. The molecule has 1 unspecified atom stereocenters. The molecule has 166 valence electrons. The van der Waals surface area contributed by atoms with Gasteiger partial charge in [-0.1, -0.05) is 0 Å². The van der Waals surface area contributed by atoms with E-state index in [9.17, 15) is 27.6 Å². The number of pyridine rings is 2. The number of carbonyl (C=O) groups is 2. The molecule has 1 N–H and O–H groups in total. The molecule has 11 heteroatoms. The number of anilines is 1. The Morgan fingerprint density at radius 1 is 1.22 bits per heavy atom. The number of aromatic nitrogens is 2. The molecule has 0 bridgehead atoms. The summed E-state index contributed by atoms with van der Waals surface area (Å²) in [6.45, 7) is 3.56. The average molecular weight is 446 g/mol. The van der Waals surface area contributed by atoms with E-state index in [0.29, 0.717) is 12.1 Å². The predicted octanol–water partition coefficient (Wildman–Crippen LogP) is 2.90. The number of fused-ring (bicyclic) bond motifs is 1. The molecule has 4 rings (SSSR count). The molecule has 8 nitrogen and oxygen atoms in total. The van der Waals surface area contributed by atoms with E-state index in [2.05, 4.69) is 10.3 Å². The number of urea groups is 1. The van der Waals surface area contributed by atoms with E-state index in [-0.39, 0.29) is 36.0 Å². The van der Waals surface area contributed by atoms with Gasteiger partial charge in [0.25, 0.3) is 0 Å². The van der Waals surface area contributed by atoms with Crippen molar-refractivity contribution in [3.05, 3.63) is 63.7 Å². The van der Waals surface area contributed by atoms with Gasteiger partial charge in [-0.2, -0.15) is 0 Å². The molecule has 3 heterocycles. The summed E-state index contributed by atoms with van der Waals surface area (Å²) in [5.41, 5.74) is -2.22. The van der Waals surface area contributed by atoms with Crippen LogP contribution < -0.4 is 15.6 Å². The lowest BCUT2D eigenvalue weighted by molar-refractivity contribution is 0.0524. The summed E-state index contributed by atoms with van der Waals surface area (Å²) >= 11 is 0. The van der Waals surface area contributed by atoms with Gasteiger partial charge in [-0.3, -0.25) is 14.3 Å². The molecule has 1 saturated heterocycles. The SMILES string of the molecule is CCOC(=O)c1cn(-c2c(F)cc(F)cc2F)c2nc(N3CC(C)NC3=O)ccc2c1=O. The number of esters is 1. The maximum Gasteiger partial charge on any atom is 0.343 e. The summed E-state index contributed by atoms with van der Waals surface area (Å²) in [6.07, 6.45) is 0.894. The van der Waals surface area contributed by atoms with Crippen LogP contribution in [0.25, 0.3) is 16.7 Å². The molecule has 1 aliphatic heterocycles. The number of ether oxygens (including phenoxy) is 1. The second-order valence-electron chi connectivity index (χ2n) is 7.18. The van der Waals surface area contributed by atoms with Crippen LogP contribution in [0.15, 0.2) is 35.3 Å². The standard InChI is InChI=1S/C21H17F3N4O4/c1-3-32-20(30)13-9-28(17-14(23)6-11(22)7-15(17)24)19-12(18(13)29)4-5-16(26-19)27-8-10(2)25-21(27)31/h4-7,9-10H,3,8H2,1-2H3,(H,25,31). The number of hydrogen-bond acceptors (Lipinski definition) is 5. The van der Waals surface area contributed by atoms with Crippen LogP contribution in [0.1, 0.15) is 24.2 Å². The molecule has 0 saturated carbocycles. The molecule has 32 heavy (non-hydrogen) atoms. The predicted molar refractivity (Wildman–Crippen MR) is 109 cm³/mol. The molecule has 2 amide bonds. The van der Waals surface area contributed by atoms with E-state index >= 15 is 0 Å². The van der Waals surface area contributed by atoms with Gasteiger partial charge in [0.05, 0.1) is 12.0 Å². The van der Waals surface area contributed by atoms with Crippen molar-refractivity contribution in [2.24, 2.45) is 0 Å². The maximum absolute atomic E-state index is 14.6. The van der Waals surface area contributed by atoms with Gasteiger partial charge in [-0.05, 0) is 26.0 Å². The zero-order valence-corrected chi connectivity index (χ0v) is 17.0. The second kappa shape index (κ2) is 7.98. The van der Waals surface area contributed by atoms with Gasteiger partial charge >= 0.3 is 12.0 Å². The second-order valence-corrected chi connectivity index (χ2v) is 7.18. The van der Waals surface area contributed by atoms with Crippen LogP contribution in [0.4, 0.5) is 23.8 Å². The van der Waals surface area contributed by atoms with Gasteiger partial charge in [0, 0.05) is 30.9 Å². The molecule has 0 radical (unpaired) electrons. The third-order valence-electron chi connectivity index (χ3n) is 4.90. The molecular weight excluding hydrogens is 429 g/mol. The molecular formula is C21H17F3N4O4. The van der Waals surface area contributed by atoms with Gasteiger partial charge in [0.15, 0.2) is 17.3 Å². The van der Waals surface area contributed by atoms with Crippen molar-refractivity contribution >= 4 is 28.9 Å². The number of rotatable bonds is 4. The van der Waals surface area contributed by atoms with Gasteiger partial charge in [-0.15, -0.1) is 0 Å². The zero-order chi connectivity index (χ0) is 23.2. The van der Waals surface area contributed by atoms with Crippen molar-refractivity contribution in [1.82, 2.24) is 14.9 Å². The van der Waals surface area contributed by atoms with Crippen LogP contribution in [-0.4, -0.2) is 40.7 Å². The van der Waals surface area contributed by atoms with Gasteiger partial charge < -0.3 is 10.1 Å². The van der Waals surface area contributed by atoms with E-state index in [4.69, 9.17) is 4.74 Å². The summed E-state index contributed by atoms with van der Waals surface area (Å²) in [7, 11) is 0. The summed E-state index contributed by atoms with van der Waals surface area (Å²) < 4.78 is 48.4. The molecule has 0 spiro atoms. The number of benzene rings is 1. The molecule has 1 aliphatic rings. The molecule has 3 aromatic rings. The summed E-state index contributed by atoms with van der Waals surface area (Å²) in [4.78, 5) is 43.0. The highest BCUT2D eigenvalue weighted by molar-refractivity contribution is 5.96. The summed E-state index contributed by atoms with van der Waals surface area (Å²) in [5.74, 6) is -4.56. The number of halogens is 3. The monoisotopic (exact) mass is 446 g/mol. The zero-order valence-electron chi connectivity index (χ0n) is 17.0. The van der Waals surface area contributed by atoms with E-state index < -0.39 is 46.1 Å². The minimum Gasteiger partial charge on any atom is -0.462 e. The van der Waals surface area contributed by atoms with Crippen molar-refractivity contribution in [3.8, 4) is 5.69 Å². The first-order chi connectivity index (χ1) is 15.2. The largest absolute Gasteiger partial charge is 0.462 e. The fraction of sp³-hybridized carbons (Fsp3) is 0.238. The quantitative estimate of drug-likeness (QED) is 0.622. The Morgan fingerprint density at radius 2 is 1.91 bits per heavy atom. The molecule has 2 aromatic heterocycles. The minimum absolute atomic E-state index is 0.0327. The topological polar surface area (TPSA) is 93.5 Å². The first-order valence-electron chi connectivity index (χ1n) is 9.67. The number of amides is 2. The van der Waals surface area contributed by atoms with Crippen LogP contribution in [-0.2, 0) is 4.74 Å². The van der Waals surface area contributed by atoms with Gasteiger partial charge in [0.1, 0.15) is 22.9 Å². The van der Waals surface area contributed by atoms with Crippen molar-refractivity contribution in [3.63, 3.8) is 0 Å². The van der Waals surface area contributed by atoms with Crippen LogP contribution in [0.3, 0.4) is 0 Å². The van der Waals surface area contributed by atoms with Crippen molar-refractivity contribution in [2.75, 3.05) is 18.1 Å². The first kappa shape index (κ1) is 21.3. The Hall–Kier alpha value is -3.89. The van der Waals surface area contributed by atoms with Crippen LogP contribution in [0.5, 0.6) is 0 Å². The molecule has 1 atom stereocenters. The third kappa shape index (κ3) is 3.55. The fourth-order valence-electron chi connectivity index (χ4n) is 3.52. The number of hydrogen-bond donors (Lipinski definition) is 1. The Morgan fingerprint density at radius 3 is 2.50 bits per heavy atom. The minimum atomic E-state index is -1.28. The van der Waals surface area contributed by atoms with E-state index in [0.717, 1.165) is 10.8 Å². The van der Waals surface area contributed by atoms with Crippen molar-refractivity contribution < 1.29 is 27.5 Å². The molecule has 0 aliphatic carbocycles. The van der Waals surface area contributed by atoms with Crippen molar-refractivity contribution in [1.29, 1.82) is 0 Å². The molecule has 1 fully saturated rings. The highest BCUT2D eigenvalue weighted by atomic mass is 19.1. The first-order valence-corrected chi connectivity index (χ1v) is 9.67. The lowest BCUT2D eigenvalue weighted by atomic mass is 10.1. The highest BCUT2D eigenvalue weighted by Crippen LogP contribution is 2.26. The number of nitrogens with zero attached hydrogens (tertiary/aromatic N) is 3.